The average Bonchev–Trinajstić information content (AvgIpc) is 3.87. The van der Waals surface area contributed by atoms with E-state index in [0.717, 1.165) is 22.5 Å². The molecule has 2 atom stereocenters. The zero-order valence-electron chi connectivity index (χ0n) is 46.5. The number of oxime groups is 1. The van der Waals surface area contributed by atoms with E-state index in [4.69, 9.17) is 28.5 Å². The monoisotopic (exact) mass is 1110 g/mol. The highest BCUT2D eigenvalue weighted by Gasteiger charge is 2.57. The number of nitrogens with one attached hydrogen (secondary N) is 5. The molecule has 3 heterocycles. The number of esters is 1. The molecule has 0 radical (unpaired) electrons. The summed E-state index contributed by atoms with van der Waals surface area (Å²) in [6.45, 7) is 20.3. The minimum Gasteiger partial charge on any atom is -0.450 e. The first-order valence-corrected chi connectivity index (χ1v) is 26.4. The number of thiazole rings is 1. The Morgan fingerprint density at radius 2 is 1.39 bits per heavy atom. The van der Waals surface area contributed by atoms with E-state index < -0.39 is 94.1 Å². The van der Waals surface area contributed by atoms with Crippen molar-refractivity contribution in [2.24, 2.45) is 10.1 Å². The number of hydrogen-bond donors (Lipinski definition) is 5. The first-order chi connectivity index (χ1) is 36.9. The molecule has 1 aliphatic heterocycles. The second-order valence-corrected chi connectivity index (χ2v) is 23.4. The smallest absolute Gasteiger partial charge is 0.437 e. The number of guanidine groups is 1. The molecule has 26 heteroatoms. The predicted molar refractivity (Wildman–Crippen MR) is 289 cm³/mol. The minimum atomic E-state index is -1.55. The molecule has 79 heavy (non-hydrogen) atoms. The molecule has 0 bridgehead atoms. The quantitative estimate of drug-likeness (QED) is 0.0129. The highest BCUT2D eigenvalue weighted by atomic mass is 32.1. The Balaban J connectivity index is 1.21. The summed E-state index contributed by atoms with van der Waals surface area (Å²) >= 11 is 0.963. The third-order valence-electron chi connectivity index (χ3n) is 10.8. The highest BCUT2D eigenvalue weighted by Crippen LogP contribution is 2.43. The molecule has 426 valence electrons. The van der Waals surface area contributed by atoms with Crippen LogP contribution in [0.15, 0.2) is 82.4 Å². The first kappa shape index (κ1) is 60.1. The number of alkyl carbamates (subject to hydrolysis) is 2. The number of nitrogens with zero attached hydrogens (tertiary/aromatic N) is 7. The lowest BCUT2D eigenvalue weighted by Crippen LogP contribution is -2.70. The third kappa shape index (κ3) is 19.1. The number of β-lactam (4-membered cyclic amide) rings is 1. The fourth-order valence-corrected chi connectivity index (χ4v) is 7.91. The summed E-state index contributed by atoms with van der Waals surface area (Å²) in [7, 11) is 0. The van der Waals surface area contributed by atoms with Gasteiger partial charge >= 0.3 is 30.3 Å². The van der Waals surface area contributed by atoms with Gasteiger partial charge in [-0.1, -0.05) is 65.8 Å². The van der Waals surface area contributed by atoms with Crippen LogP contribution in [-0.4, -0.2) is 132 Å². The van der Waals surface area contributed by atoms with E-state index in [-0.39, 0.29) is 62.2 Å². The van der Waals surface area contributed by atoms with Crippen LogP contribution in [0.1, 0.15) is 131 Å². The van der Waals surface area contributed by atoms with Crippen LogP contribution in [-0.2, 0) is 56.0 Å². The van der Waals surface area contributed by atoms with Crippen LogP contribution in [0.25, 0.3) is 0 Å². The maximum Gasteiger partial charge on any atom is 0.437 e. The van der Waals surface area contributed by atoms with E-state index in [1.807, 2.05) is 60.7 Å². The van der Waals surface area contributed by atoms with Crippen molar-refractivity contribution in [3.8, 4) is 0 Å². The number of aromatic nitrogens is 4. The van der Waals surface area contributed by atoms with Crippen molar-refractivity contribution < 1.29 is 62.1 Å². The van der Waals surface area contributed by atoms with Gasteiger partial charge in [-0.3, -0.25) is 20.2 Å². The second-order valence-electron chi connectivity index (χ2n) is 22.5. The minimum absolute atomic E-state index is 0.0542. The number of rotatable bonds is 18. The molecule has 2 aromatic carbocycles. The lowest BCUT2D eigenvalue weighted by atomic mass is 9.98. The highest BCUT2D eigenvalue weighted by molar-refractivity contribution is 7.14. The number of anilines is 1. The largest absolute Gasteiger partial charge is 0.450 e. The van der Waals surface area contributed by atoms with Gasteiger partial charge in [0.2, 0.25) is 17.5 Å². The van der Waals surface area contributed by atoms with Gasteiger partial charge in [-0.25, -0.2) is 29.0 Å². The number of ether oxygens (including phenoxy) is 5. The first-order valence-electron chi connectivity index (χ1n) is 25.5. The Morgan fingerprint density at radius 3 is 1.96 bits per heavy atom. The summed E-state index contributed by atoms with van der Waals surface area (Å²) in [5.41, 5.74) is -3.69. The summed E-state index contributed by atoms with van der Waals surface area (Å²) in [5, 5.41) is 27.9. The van der Waals surface area contributed by atoms with Crippen molar-refractivity contribution in [1.82, 2.24) is 46.1 Å². The van der Waals surface area contributed by atoms with Gasteiger partial charge in [0.15, 0.2) is 16.9 Å². The zero-order valence-corrected chi connectivity index (χ0v) is 47.3. The number of benzene rings is 2. The number of hydrogen-bond acceptors (Lipinski definition) is 18. The van der Waals surface area contributed by atoms with E-state index in [1.165, 1.54) is 21.3 Å². The Morgan fingerprint density at radius 1 is 0.810 bits per heavy atom. The summed E-state index contributed by atoms with van der Waals surface area (Å²) in [6.07, 6.45) is -2.02. The summed E-state index contributed by atoms with van der Waals surface area (Å²) in [5.74, 6) is -2.41. The van der Waals surface area contributed by atoms with Crippen LogP contribution in [0.5, 0.6) is 0 Å². The molecule has 2 aromatic heterocycles. The van der Waals surface area contributed by atoms with E-state index in [1.54, 1.807) is 83.1 Å². The molecular weight excluding hydrogens is 1040 g/mol. The lowest BCUT2D eigenvalue weighted by molar-refractivity contribution is -0.164. The molecular formula is C53H70N12O13S. The van der Waals surface area contributed by atoms with Crippen molar-refractivity contribution in [2.45, 2.75) is 162 Å². The number of carbonyl (C=O) groups excluding carboxylic acids is 7. The van der Waals surface area contributed by atoms with Crippen LogP contribution < -0.4 is 26.6 Å². The van der Waals surface area contributed by atoms with Gasteiger partial charge in [0.1, 0.15) is 39.8 Å². The third-order valence-corrected chi connectivity index (χ3v) is 11.5. The van der Waals surface area contributed by atoms with Crippen molar-refractivity contribution in [2.75, 3.05) is 18.4 Å². The SMILES string of the molecule is CC(C)(C)OC(=O)N=C(NC(=O)OC(C)(C)C)N(CCCNC(=O)OC(C)(C)C)Cc1cnn(C[C@H]2NC(=O)[C@H]2NC(=O)/C(=N\OC2(C(=O)OC(c3ccccc3)c3ccccc3)CC2)c2csc(NC(=O)OC(C)(C)C)n2)n1. The maximum atomic E-state index is 14.3. The molecule has 6 amide bonds. The Hall–Kier alpha value is -8.16. The number of aliphatic imine (C=N–C) groups is 1. The fourth-order valence-electron chi connectivity index (χ4n) is 7.23. The molecule has 25 nitrogen and oxygen atoms in total. The predicted octanol–water partition coefficient (Wildman–Crippen LogP) is 6.88. The van der Waals surface area contributed by atoms with Crippen LogP contribution in [0.4, 0.5) is 24.3 Å². The van der Waals surface area contributed by atoms with E-state index in [0.29, 0.717) is 5.69 Å². The second kappa shape index (κ2) is 25.1. The molecule has 2 fully saturated rings. The molecule has 4 aromatic rings. The van der Waals surface area contributed by atoms with Gasteiger partial charge in [-0.05, 0) is 101 Å². The Bertz CT molecular complexity index is 2840. The Kier molecular flexibility index (Phi) is 19.1. The van der Waals surface area contributed by atoms with E-state index in [9.17, 15) is 33.6 Å². The van der Waals surface area contributed by atoms with E-state index in [2.05, 4.69) is 51.9 Å². The van der Waals surface area contributed by atoms with Gasteiger partial charge in [0.25, 0.3) is 5.91 Å². The zero-order chi connectivity index (χ0) is 57.9. The topological polar surface area (TPSA) is 307 Å². The molecule has 1 saturated carbocycles. The van der Waals surface area contributed by atoms with Crippen molar-refractivity contribution in [3.05, 3.63) is 94.8 Å². The van der Waals surface area contributed by atoms with Gasteiger partial charge in [0.05, 0.1) is 25.3 Å². The van der Waals surface area contributed by atoms with Crippen LogP contribution in [0.3, 0.4) is 0 Å². The maximum absolute atomic E-state index is 14.3. The normalized spacial score (nSPS) is 16.3. The van der Waals surface area contributed by atoms with Gasteiger partial charge in [0, 0.05) is 31.3 Å². The van der Waals surface area contributed by atoms with Gasteiger partial charge in [-0.15, -0.1) is 16.3 Å². The standard InChI is InChI=1S/C53H70N12O13S/c1-49(2,3)74-45(69)54-26-19-27-64(43(59-46(70)75-50(4,5)6)60-47(71)76-51(7,8)9)29-34-28-55-65(62-34)30-35-37(40(66)56-35)58-41(67)38(36-31-79-44(57-36)61-48(72)77-52(10,11)12)63-78-53(24-25-53)42(68)73-39(32-20-15-13-16-21-32)33-22-17-14-18-23-33/h13-18,20-23,28,31,35,37,39H,19,24-27,29-30H2,1-12H3,(H,54,69)(H,56,66)(H,58,67)(H,57,61,72)(H,59,60,70,71)/b63-38-/t35-,37+/m1/s1. The number of amides is 6. The molecule has 0 unspecified atom stereocenters. The van der Waals surface area contributed by atoms with Gasteiger partial charge in [-0.2, -0.15) is 15.0 Å². The summed E-state index contributed by atoms with van der Waals surface area (Å²) < 4.78 is 27.8. The molecule has 1 aliphatic carbocycles. The summed E-state index contributed by atoms with van der Waals surface area (Å²) in [6, 6.07) is 16.4. The van der Waals surface area contributed by atoms with Crippen molar-refractivity contribution >= 4 is 70.3 Å². The molecule has 2 aliphatic rings. The molecule has 5 N–H and O–H groups in total. The van der Waals surface area contributed by atoms with Crippen molar-refractivity contribution in [1.29, 1.82) is 0 Å². The molecule has 1 saturated heterocycles. The molecule has 0 spiro atoms. The van der Waals surface area contributed by atoms with Gasteiger partial charge < -0.3 is 49.4 Å². The van der Waals surface area contributed by atoms with Crippen LogP contribution in [0.2, 0.25) is 0 Å². The van der Waals surface area contributed by atoms with Crippen LogP contribution in [0, 0.1) is 0 Å². The Labute approximate surface area is 461 Å². The number of carbonyl (C=O) groups is 7. The van der Waals surface area contributed by atoms with E-state index >= 15 is 0 Å². The van der Waals surface area contributed by atoms with Crippen LogP contribution >= 0.6 is 11.3 Å². The average molecular weight is 1120 g/mol. The summed E-state index contributed by atoms with van der Waals surface area (Å²) in [4.78, 5) is 110. The fraction of sp³-hybridized carbons (Fsp3) is 0.509. The van der Waals surface area contributed by atoms with Crippen molar-refractivity contribution in [3.63, 3.8) is 0 Å². The molecule has 6 rings (SSSR count). The lowest BCUT2D eigenvalue weighted by Gasteiger charge is -2.36.